The second kappa shape index (κ2) is 61.0. The number of quaternary nitrogens is 1. The van der Waals surface area contributed by atoms with Crippen molar-refractivity contribution in [1.29, 1.82) is 0 Å². The predicted molar refractivity (Wildman–Crippen MR) is 348 cm³/mol. The van der Waals surface area contributed by atoms with Crippen LogP contribution < -0.4 is 10.2 Å². The molecule has 0 aromatic rings. The van der Waals surface area contributed by atoms with Gasteiger partial charge in [-0.25, -0.2) is 0 Å². The van der Waals surface area contributed by atoms with E-state index in [2.05, 4.69) is 104 Å². The van der Waals surface area contributed by atoms with Crippen LogP contribution in [0.3, 0.4) is 0 Å². The van der Waals surface area contributed by atoms with Gasteiger partial charge in [0.05, 0.1) is 39.9 Å². The molecular formula is C71H129N2O6P. The van der Waals surface area contributed by atoms with Crippen molar-refractivity contribution in [2.24, 2.45) is 0 Å². The van der Waals surface area contributed by atoms with Crippen LogP contribution >= 0.6 is 7.82 Å². The Morgan fingerprint density at radius 3 is 1.11 bits per heavy atom. The smallest absolute Gasteiger partial charge is 0.268 e. The molecular weight excluding hydrogens is 1010 g/mol. The number of rotatable bonds is 61. The van der Waals surface area contributed by atoms with Gasteiger partial charge in [0.25, 0.3) is 7.82 Å². The minimum absolute atomic E-state index is 0.00391. The summed E-state index contributed by atoms with van der Waals surface area (Å²) in [6.07, 6.45) is 87.9. The lowest BCUT2D eigenvalue weighted by Gasteiger charge is -2.29. The number of hydrogen-bond acceptors (Lipinski definition) is 6. The average Bonchev–Trinajstić information content (AvgIpc) is 3.42. The lowest BCUT2D eigenvalue weighted by atomic mass is 10.0. The highest BCUT2D eigenvalue weighted by Crippen LogP contribution is 2.38. The number of nitrogens with one attached hydrogen (secondary N) is 1. The Hall–Kier alpha value is -2.58. The lowest BCUT2D eigenvalue weighted by molar-refractivity contribution is -0.870. The third kappa shape index (κ3) is 63.0. The summed E-state index contributed by atoms with van der Waals surface area (Å²) in [7, 11) is 1.26. The quantitative estimate of drug-likeness (QED) is 0.0272. The van der Waals surface area contributed by atoms with Crippen molar-refractivity contribution in [2.75, 3.05) is 40.9 Å². The van der Waals surface area contributed by atoms with E-state index in [-0.39, 0.29) is 19.1 Å². The van der Waals surface area contributed by atoms with Crippen LogP contribution in [0.4, 0.5) is 0 Å². The maximum absolute atomic E-state index is 13.0. The van der Waals surface area contributed by atoms with Gasteiger partial charge >= 0.3 is 0 Å². The molecule has 0 saturated carbocycles. The maximum atomic E-state index is 13.0. The first-order valence-electron chi connectivity index (χ1n) is 33.6. The molecule has 0 aliphatic rings. The Morgan fingerprint density at radius 2 is 0.762 bits per heavy atom. The molecule has 3 atom stereocenters. The van der Waals surface area contributed by atoms with Gasteiger partial charge in [-0.05, 0) is 77.0 Å². The van der Waals surface area contributed by atoms with E-state index in [1.165, 1.54) is 193 Å². The van der Waals surface area contributed by atoms with Crippen LogP contribution in [0.5, 0.6) is 0 Å². The molecule has 0 saturated heterocycles. The molecule has 0 aliphatic heterocycles. The summed E-state index contributed by atoms with van der Waals surface area (Å²) in [5.74, 6) is -0.199. The van der Waals surface area contributed by atoms with Gasteiger partial charge in [-0.1, -0.05) is 310 Å². The monoisotopic (exact) mass is 1140 g/mol. The van der Waals surface area contributed by atoms with Gasteiger partial charge in [0.2, 0.25) is 5.91 Å². The number of phosphoric ester groups is 1. The van der Waals surface area contributed by atoms with Crippen LogP contribution in [0.15, 0.2) is 97.2 Å². The number of carbonyl (C=O) groups excluding carboxylic acids is 1. The largest absolute Gasteiger partial charge is 0.756 e. The summed E-state index contributed by atoms with van der Waals surface area (Å²) in [5, 5.41) is 14.0. The molecule has 2 N–H and O–H groups in total. The van der Waals surface area contributed by atoms with E-state index in [4.69, 9.17) is 9.05 Å². The molecule has 80 heavy (non-hydrogen) atoms. The number of unbranched alkanes of at least 4 members (excludes halogenated alkanes) is 34. The molecule has 0 aromatic heterocycles. The Labute approximate surface area is 496 Å². The van der Waals surface area contributed by atoms with E-state index in [0.717, 1.165) is 83.5 Å². The summed E-state index contributed by atoms with van der Waals surface area (Å²) in [5.41, 5.74) is 0. The Balaban J connectivity index is 4.11. The van der Waals surface area contributed by atoms with Crippen molar-refractivity contribution in [2.45, 2.75) is 309 Å². The van der Waals surface area contributed by atoms with Gasteiger partial charge in [0, 0.05) is 6.42 Å². The number of amides is 1. The van der Waals surface area contributed by atoms with Crippen LogP contribution in [-0.4, -0.2) is 68.5 Å². The maximum Gasteiger partial charge on any atom is 0.268 e. The zero-order chi connectivity index (χ0) is 58.4. The molecule has 0 heterocycles. The molecule has 0 spiro atoms. The topological polar surface area (TPSA) is 108 Å². The van der Waals surface area contributed by atoms with Crippen LogP contribution in [0, 0.1) is 0 Å². The van der Waals surface area contributed by atoms with Crippen molar-refractivity contribution in [3.05, 3.63) is 97.2 Å². The Bertz CT molecular complexity index is 1620. The molecule has 9 heteroatoms. The zero-order valence-corrected chi connectivity index (χ0v) is 53.9. The standard InChI is InChI=1S/C71H129N2O6P/c1-6-8-10-12-14-16-18-20-22-24-26-28-30-31-32-33-34-35-36-37-38-39-40-41-43-45-47-49-51-53-55-57-59-61-63-65-71(75)72-69(68-79-80(76,77)78-67-66-73(3,4)5)70(74)64-62-60-58-56-54-52-50-48-46-44-42-29-27-25-23-21-19-17-15-13-11-9-7-2/h8,10,14,16,20,22,26,28,31-32,34-35,37-38,62,64,69-70,74H,6-7,9,11-13,15,17-19,21,23-25,27,29-30,33,36,39-61,63,65-68H2,1-5H3,(H-,72,75,76,77)/b10-8-,16-14-,22-20-,28-26-,32-31-,35-34-,38-37-,64-62+. The number of likely N-dealkylation sites (N-methyl/N-ethyl adjacent to an activating group) is 1. The van der Waals surface area contributed by atoms with Gasteiger partial charge < -0.3 is 28.8 Å². The number of allylic oxidation sites excluding steroid dienone is 15. The molecule has 0 aliphatic carbocycles. The molecule has 464 valence electrons. The van der Waals surface area contributed by atoms with Crippen LogP contribution in [0.1, 0.15) is 296 Å². The summed E-state index contributed by atoms with van der Waals surface area (Å²) in [4.78, 5) is 25.6. The van der Waals surface area contributed by atoms with E-state index < -0.39 is 20.0 Å². The van der Waals surface area contributed by atoms with E-state index in [9.17, 15) is 19.4 Å². The highest BCUT2D eigenvalue weighted by Gasteiger charge is 2.23. The third-order valence-electron chi connectivity index (χ3n) is 14.8. The fraction of sp³-hybridized carbons (Fsp3) is 0.761. The van der Waals surface area contributed by atoms with Gasteiger partial charge in [-0.3, -0.25) is 9.36 Å². The fourth-order valence-corrected chi connectivity index (χ4v) is 10.3. The lowest BCUT2D eigenvalue weighted by Crippen LogP contribution is -2.45. The fourth-order valence-electron chi connectivity index (χ4n) is 9.61. The second-order valence-electron chi connectivity index (χ2n) is 23.8. The normalized spacial score (nSPS) is 14.3. The minimum atomic E-state index is -4.61. The van der Waals surface area contributed by atoms with Gasteiger partial charge in [-0.2, -0.15) is 0 Å². The predicted octanol–water partition coefficient (Wildman–Crippen LogP) is 20.7. The average molecular weight is 1140 g/mol. The van der Waals surface area contributed by atoms with Crippen LogP contribution in [0.25, 0.3) is 0 Å². The molecule has 0 aromatic carbocycles. The molecule has 3 unspecified atom stereocenters. The molecule has 8 nitrogen and oxygen atoms in total. The number of hydrogen-bond donors (Lipinski definition) is 2. The molecule has 0 radical (unpaired) electrons. The summed E-state index contributed by atoms with van der Waals surface area (Å²) in [6, 6.07) is -0.894. The van der Waals surface area contributed by atoms with Crippen molar-refractivity contribution in [3.8, 4) is 0 Å². The van der Waals surface area contributed by atoms with Crippen LogP contribution in [0.2, 0.25) is 0 Å². The van der Waals surface area contributed by atoms with Gasteiger partial charge in [0.1, 0.15) is 13.2 Å². The second-order valence-corrected chi connectivity index (χ2v) is 25.2. The van der Waals surface area contributed by atoms with E-state index in [1.54, 1.807) is 6.08 Å². The number of carbonyl (C=O) groups is 1. The van der Waals surface area contributed by atoms with E-state index in [1.807, 2.05) is 27.2 Å². The molecule has 0 bridgehead atoms. The Kier molecular flexibility index (Phi) is 59.0. The minimum Gasteiger partial charge on any atom is -0.756 e. The Morgan fingerprint density at radius 1 is 0.450 bits per heavy atom. The summed E-state index contributed by atoms with van der Waals surface area (Å²) in [6.45, 7) is 4.56. The molecule has 0 rings (SSSR count). The van der Waals surface area contributed by atoms with E-state index >= 15 is 0 Å². The first kappa shape index (κ1) is 77.4. The third-order valence-corrected chi connectivity index (χ3v) is 15.8. The number of aliphatic hydroxyl groups is 1. The number of aliphatic hydroxyl groups excluding tert-OH is 1. The number of nitrogens with zero attached hydrogens (tertiary/aromatic N) is 1. The highest BCUT2D eigenvalue weighted by atomic mass is 31.2. The van der Waals surface area contributed by atoms with Crippen molar-refractivity contribution < 1.29 is 32.9 Å². The van der Waals surface area contributed by atoms with E-state index in [0.29, 0.717) is 17.4 Å². The summed E-state index contributed by atoms with van der Waals surface area (Å²) < 4.78 is 23.4. The zero-order valence-electron chi connectivity index (χ0n) is 53.0. The molecule has 1 amide bonds. The first-order chi connectivity index (χ1) is 39.0. The number of phosphoric acid groups is 1. The molecule has 0 fully saturated rings. The van der Waals surface area contributed by atoms with Crippen molar-refractivity contribution in [1.82, 2.24) is 5.32 Å². The first-order valence-corrected chi connectivity index (χ1v) is 35.1. The highest BCUT2D eigenvalue weighted by molar-refractivity contribution is 7.45. The van der Waals surface area contributed by atoms with Gasteiger partial charge in [-0.15, -0.1) is 0 Å². The summed E-state index contributed by atoms with van der Waals surface area (Å²) >= 11 is 0. The van der Waals surface area contributed by atoms with Crippen LogP contribution in [-0.2, 0) is 18.4 Å². The SMILES string of the molecule is CC/C=C\C/C=C\C/C=C\C/C=C\C/C=C\C/C=C\C/C=C\CCCCCCCCCCCCCCCC(=O)NC(COP(=O)([O-])OCC[N+](C)(C)C)C(O)/C=C/CCCCCCCCCCCCCCCCCCCCCCC. The van der Waals surface area contributed by atoms with Crippen molar-refractivity contribution >= 4 is 13.7 Å². The van der Waals surface area contributed by atoms with Gasteiger partial charge in [0.15, 0.2) is 0 Å². The van der Waals surface area contributed by atoms with Crippen molar-refractivity contribution in [3.63, 3.8) is 0 Å².